The van der Waals surface area contributed by atoms with Gasteiger partial charge in [-0.05, 0) is 37.5 Å². The van der Waals surface area contributed by atoms with Gasteiger partial charge in [0.25, 0.3) is 11.8 Å². The second-order valence-corrected chi connectivity index (χ2v) is 9.21. The van der Waals surface area contributed by atoms with E-state index in [1.165, 1.54) is 4.90 Å². The van der Waals surface area contributed by atoms with E-state index < -0.39 is 12.0 Å². The van der Waals surface area contributed by atoms with Crippen molar-refractivity contribution in [1.82, 2.24) is 15.1 Å². The molecule has 1 N–H and O–H groups in total. The molecule has 0 unspecified atom stereocenters. The summed E-state index contributed by atoms with van der Waals surface area (Å²) in [6, 6.07) is -0.571. The van der Waals surface area contributed by atoms with Gasteiger partial charge in [-0.2, -0.15) is 0 Å². The van der Waals surface area contributed by atoms with Crippen molar-refractivity contribution >= 4 is 17.5 Å². The number of carbonyl (C=O) groups is 2. The molecule has 2 aliphatic carbocycles. The minimum atomic E-state index is -2.68. The lowest BCUT2D eigenvalue weighted by Gasteiger charge is -2.42. The number of hydrogen-bond donors (Lipinski definition) is 1. The van der Waals surface area contributed by atoms with Gasteiger partial charge in [0.2, 0.25) is 11.8 Å². The number of allylic oxidation sites excluding steroid dienone is 1. The summed E-state index contributed by atoms with van der Waals surface area (Å²) in [7, 11) is 3.35. The second-order valence-electron chi connectivity index (χ2n) is 9.21. The van der Waals surface area contributed by atoms with Crippen LogP contribution in [-0.2, 0) is 14.3 Å². The van der Waals surface area contributed by atoms with E-state index in [-0.39, 0.29) is 30.8 Å². The molecule has 0 spiro atoms. The zero-order valence-electron chi connectivity index (χ0n) is 17.6. The summed E-state index contributed by atoms with van der Waals surface area (Å²) >= 11 is 0. The van der Waals surface area contributed by atoms with Crippen LogP contribution in [0.4, 0.5) is 8.78 Å². The maximum Gasteiger partial charge on any atom is 0.282 e. The number of ether oxygens (including phenoxy) is 1. The van der Waals surface area contributed by atoms with E-state index in [1.807, 2.05) is 0 Å². The Labute approximate surface area is 175 Å². The maximum atomic E-state index is 13.4. The van der Waals surface area contributed by atoms with E-state index in [9.17, 15) is 18.4 Å². The molecule has 4 aliphatic rings. The third kappa shape index (κ3) is 5.10. The summed E-state index contributed by atoms with van der Waals surface area (Å²) < 4.78 is 32.5. The normalized spacial score (nSPS) is 24.0. The van der Waals surface area contributed by atoms with E-state index in [1.54, 1.807) is 19.0 Å². The molecule has 4 rings (SSSR count). The lowest BCUT2D eigenvalue weighted by atomic mass is 10.0. The van der Waals surface area contributed by atoms with Gasteiger partial charge in [-0.3, -0.25) is 9.59 Å². The van der Waals surface area contributed by atoms with E-state index >= 15 is 0 Å². The molecule has 2 aliphatic heterocycles. The molecule has 2 amide bonds. The number of halogens is 2. The number of nitrogens with zero attached hydrogens (tertiary/aromatic N) is 3. The first kappa shape index (κ1) is 21.1. The monoisotopic (exact) mass is 424 g/mol. The number of likely N-dealkylation sites (tertiary alicyclic amines) is 1. The molecule has 7 nitrogen and oxygen atoms in total. The van der Waals surface area contributed by atoms with Gasteiger partial charge in [0.05, 0.1) is 25.4 Å². The first-order valence-corrected chi connectivity index (χ1v) is 10.8. The number of aliphatic imine (C=N–C) groups is 1. The third-order valence-corrected chi connectivity index (χ3v) is 6.03. The fraction of sp³-hybridized carbons (Fsp3) is 0.762. The van der Waals surface area contributed by atoms with Crippen molar-refractivity contribution in [3.63, 3.8) is 0 Å². The fourth-order valence-corrected chi connectivity index (χ4v) is 3.81. The fourth-order valence-electron chi connectivity index (χ4n) is 3.81. The summed E-state index contributed by atoms with van der Waals surface area (Å²) in [6.07, 6.45) is 5.75. The zero-order chi connectivity index (χ0) is 21.5. The highest BCUT2D eigenvalue weighted by atomic mass is 19.3. The van der Waals surface area contributed by atoms with Crippen molar-refractivity contribution in [2.75, 3.05) is 33.8 Å². The van der Waals surface area contributed by atoms with Crippen LogP contribution in [0.5, 0.6) is 0 Å². The summed E-state index contributed by atoms with van der Waals surface area (Å²) in [5, 5.41) is 2.85. The second kappa shape index (κ2) is 8.15. The van der Waals surface area contributed by atoms with E-state index in [4.69, 9.17) is 4.74 Å². The predicted molar refractivity (Wildman–Crippen MR) is 107 cm³/mol. The Morgan fingerprint density at radius 2 is 1.87 bits per heavy atom. The molecule has 0 aromatic rings. The van der Waals surface area contributed by atoms with Crippen LogP contribution in [0.3, 0.4) is 0 Å². The highest BCUT2D eigenvalue weighted by Gasteiger charge is 2.46. The number of nitrogens with one attached hydrogen (secondary N) is 1. The van der Waals surface area contributed by atoms with Crippen LogP contribution in [0.25, 0.3) is 0 Å². The van der Waals surface area contributed by atoms with Crippen LogP contribution in [0.2, 0.25) is 0 Å². The van der Waals surface area contributed by atoms with Crippen LogP contribution in [0, 0.1) is 11.8 Å². The van der Waals surface area contributed by atoms with Crippen molar-refractivity contribution < 1.29 is 23.1 Å². The van der Waals surface area contributed by atoms with Gasteiger partial charge in [0.1, 0.15) is 11.8 Å². The molecular weight excluding hydrogens is 394 g/mol. The van der Waals surface area contributed by atoms with Crippen molar-refractivity contribution in [3.8, 4) is 0 Å². The molecule has 1 saturated heterocycles. The maximum absolute atomic E-state index is 13.4. The Kier molecular flexibility index (Phi) is 5.72. The van der Waals surface area contributed by atoms with Gasteiger partial charge in [-0.1, -0.05) is 12.8 Å². The molecule has 0 aromatic carbocycles. The molecule has 30 heavy (non-hydrogen) atoms. The molecule has 2 heterocycles. The van der Waals surface area contributed by atoms with Gasteiger partial charge in [0.15, 0.2) is 0 Å². The highest BCUT2D eigenvalue weighted by Crippen LogP contribution is 2.37. The van der Waals surface area contributed by atoms with Gasteiger partial charge >= 0.3 is 0 Å². The van der Waals surface area contributed by atoms with Crippen molar-refractivity contribution in [2.45, 2.75) is 56.9 Å². The summed E-state index contributed by atoms with van der Waals surface area (Å²) in [5.74, 6) is -1.95. The topological polar surface area (TPSA) is 74.2 Å². The molecule has 1 atom stereocenters. The number of alkyl halides is 2. The van der Waals surface area contributed by atoms with Crippen molar-refractivity contribution in [2.24, 2.45) is 16.8 Å². The summed E-state index contributed by atoms with van der Waals surface area (Å²) in [6.45, 7) is -0.183. The van der Waals surface area contributed by atoms with Crippen LogP contribution < -0.4 is 5.32 Å². The predicted octanol–water partition coefficient (Wildman–Crippen LogP) is 2.14. The Balaban J connectivity index is 1.46. The van der Waals surface area contributed by atoms with Gasteiger partial charge in [-0.25, -0.2) is 13.8 Å². The number of hydrogen-bond acceptors (Lipinski definition) is 5. The van der Waals surface area contributed by atoms with Crippen molar-refractivity contribution in [3.05, 3.63) is 11.6 Å². The molecule has 3 fully saturated rings. The Morgan fingerprint density at radius 3 is 2.43 bits per heavy atom. The molecule has 0 aromatic heterocycles. The largest absolute Gasteiger partial charge is 0.476 e. The molecule has 2 saturated carbocycles. The van der Waals surface area contributed by atoms with Crippen LogP contribution in [0.1, 0.15) is 44.9 Å². The van der Waals surface area contributed by atoms with Crippen LogP contribution in [-0.4, -0.2) is 73.1 Å². The third-order valence-electron chi connectivity index (χ3n) is 6.03. The Morgan fingerprint density at radius 1 is 1.20 bits per heavy atom. The van der Waals surface area contributed by atoms with Gasteiger partial charge in [0, 0.05) is 20.5 Å². The number of amides is 2. The molecular formula is C21H30F2N4O3. The molecule has 0 bridgehead atoms. The lowest BCUT2D eigenvalue weighted by molar-refractivity contribution is -0.133. The van der Waals surface area contributed by atoms with Crippen LogP contribution >= 0.6 is 0 Å². The highest BCUT2D eigenvalue weighted by molar-refractivity contribution is 6.39. The van der Waals surface area contributed by atoms with Gasteiger partial charge in [-0.15, -0.1) is 0 Å². The average Bonchev–Trinajstić information content (AvgIpc) is 3.58. The quantitative estimate of drug-likeness (QED) is 0.616. The Hall–Kier alpha value is -2.19. The average molecular weight is 424 g/mol. The SMILES string of the molecule is CN(C)C(=O)[C@H](CC1CC1)NC(=O)C1=NC(OCC2CC2)=C(N2CC(F)(F)C2)CC1. The van der Waals surface area contributed by atoms with E-state index in [0.29, 0.717) is 49.1 Å². The lowest BCUT2D eigenvalue weighted by Crippen LogP contribution is -2.56. The number of rotatable bonds is 9. The van der Waals surface area contributed by atoms with E-state index in [0.717, 1.165) is 25.7 Å². The first-order chi connectivity index (χ1) is 14.2. The minimum Gasteiger partial charge on any atom is -0.476 e. The smallest absolute Gasteiger partial charge is 0.282 e. The minimum absolute atomic E-state index is 0.129. The first-order valence-electron chi connectivity index (χ1n) is 10.8. The number of likely N-dealkylation sites (N-methyl/N-ethyl adjacent to an activating group) is 1. The van der Waals surface area contributed by atoms with E-state index in [2.05, 4.69) is 10.3 Å². The Bertz CT molecular complexity index is 764. The standard InChI is InChI=1S/C21H30F2N4O3/c1-26(2)20(29)16(9-13-3-4-13)24-18(28)15-7-8-17(27-11-21(22,23)12-27)19(25-15)30-10-14-5-6-14/h13-14,16H,3-12H2,1-2H3,(H,24,28)/t16-/m0/s1. The number of carbonyl (C=O) groups excluding carboxylic acids is 2. The summed E-state index contributed by atoms with van der Waals surface area (Å²) in [5.41, 5.74) is 0.946. The van der Waals surface area contributed by atoms with Gasteiger partial charge < -0.3 is 19.9 Å². The zero-order valence-corrected chi connectivity index (χ0v) is 17.6. The molecule has 166 valence electrons. The van der Waals surface area contributed by atoms with Crippen molar-refractivity contribution in [1.29, 1.82) is 0 Å². The molecule has 0 radical (unpaired) electrons. The molecule has 9 heteroatoms. The summed E-state index contributed by atoms with van der Waals surface area (Å²) in [4.78, 5) is 32.8. The van der Waals surface area contributed by atoms with Crippen LogP contribution in [0.15, 0.2) is 16.6 Å².